The lowest BCUT2D eigenvalue weighted by atomic mass is 9.98. The Morgan fingerprint density at radius 2 is 1.86 bits per heavy atom. The lowest BCUT2D eigenvalue weighted by Crippen LogP contribution is -2.17. The molecule has 114 valence electrons. The van der Waals surface area contributed by atoms with Crippen LogP contribution < -0.4 is 5.32 Å². The molecule has 1 heterocycles. The second-order valence-corrected chi connectivity index (χ2v) is 5.92. The predicted octanol–water partition coefficient (Wildman–Crippen LogP) is 4.41. The third kappa shape index (κ3) is 3.98. The molecule has 0 radical (unpaired) electrons. The maximum absolute atomic E-state index is 3.59. The summed E-state index contributed by atoms with van der Waals surface area (Å²) in [5.74, 6) is 0.613. The van der Waals surface area contributed by atoms with Gasteiger partial charge in [-0.3, -0.25) is 0 Å². The SMILES string of the molecule is CCn1c(C)cc(CNCCC(C)c2ccccc2)c1C. The van der Waals surface area contributed by atoms with Crippen molar-refractivity contribution in [3.8, 4) is 0 Å². The molecule has 0 aliphatic carbocycles. The second kappa shape index (κ2) is 7.46. The number of rotatable bonds is 7. The van der Waals surface area contributed by atoms with E-state index in [1.54, 1.807) is 0 Å². The van der Waals surface area contributed by atoms with E-state index in [0.717, 1.165) is 19.6 Å². The van der Waals surface area contributed by atoms with Gasteiger partial charge in [-0.15, -0.1) is 0 Å². The maximum atomic E-state index is 3.59. The quantitative estimate of drug-likeness (QED) is 0.745. The summed E-state index contributed by atoms with van der Waals surface area (Å²) in [5.41, 5.74) is 5.63. The van der Waals surface area contributed by atoms with Crippen molar-refractivity contribution in [2.24, 2.45) is 0 Å². The fraction of sp³-hybridized carbons (Fsp3) is 0.474. The van der Waals surface area contributed by atoms with Crippen LogP contribution in [0.25, 0.3) is 0 Å². The summed E-state index contributed by atoms with van der Waals surface area (Å²) in [6, 6.07) is 13.1. The number of hydrogen-bond acceptors (Lipinski definition) is 1. The van der Waals surface area contributed by atoms with Gasteiger partial charge >= 0.3 is 0 Å². The van der Waals surface area contributed by atoms with Gasteiger partial charge in [0, 0.05) is 24.5 Å². The van der Waals surface area contributed by atoms with Crippen molar-refractivity contribution in [2.75, 3.05) is 6.54 Å². The topological polar surface area (TPSA) is 17.0 Å². The normalized spacial score (nSPS) is 12.6. The van der Waals surface area contributed by atoms with Gasteiger partial charge in [0.25, 0.3) is 0 Å². The van der Waals surface area contributed by atoms with Crippen LogP contribution in [-0.4, -0.2) is 11.1 Å². The van der Waals surface area contributed by atoms with E-state index in [1.165, 1.54) is 28.9 Å². The van der Waals surface area contributed by atoms with Gasteiger partial charge in [0.05, 0.1) is 0 Å². The summed E-state index contributed by atoms with van der Waals surface area (Å²) in [6.07, 6.45) is 1.18. The molecular formula is C19H28N2. The first-order chi connectivity index (χ1) is 10.1. The fourth-order valence-corrected chi connectivity index (χ4v) is 3.03. The molecule has 1 unspecified atom stereocenters. The van der Waals surface area contributed by atoms with Crippen molar-refractivity contribution in [3.63, 3.8) is 0 Å². The molecule has 1 atom stereocenters. The highest BCUT2D eigenvalue weighted by molar-refractivity contribution is 5.26. The molecule has 0 bridgehead atoms. The Hall–Kier alpha value is -1.54. The molecule has 0 saturated heterocycles. The average molecular weight is 284 g/mol. The fourth-order valence-electron chi connectivity index (χ4n) is 3.03. The van der Waals surface area contributed by atoms with Gasteiger partial charge < -0.3 is 9.88 Å². The van der Waals surface area contributed by atoms with Crippen LogP contribution in [-0.2, 0) is 13.1 Å². The Labute approximate surface area is 129 Å². The number of hydrogen-bond donors (Lipinski definition) is 1. The molecular weight excluding hydrogens is 256 g/mol. The largest absolute Gasteiger partial charge is 0.349 e. The van der Waals surface area contributed by atoms with Gasteiger partial charge in [0.2, 0.25) is 0 Å². The Balaban J connectivity index is 1.80. The molecule has 2 rings (SSSR count). The molecule has 21 heavy (non-hydrogen) atoms. The van der Waals surface area contributed by atoms with E-state index >= 15 is 0 Å². The Morgan fingerprint density at radius 1 is 1.14 bits per heavy atom. The zero-order valence-electron chi connectivity index (χ0n) is 13.8. The first-order valence-corrected chi connectivity index (χ1v) is 8.04. The lowest BCUT2D eigenvalue weighted by Gasteiger charge is -2.12. The van der Waals surface area contributed by atoms with Gasteiger partial charge in [-0.25, -0.2) is 0 Å². The van der Waals surface area contributed by atoms with Crippen molar-refractivity contribution in [1.29, 1.82) is 0 Å². The van der Waals surface area contributed by atoms with E-state index in [1.807, 2.05) is 0 Å². The van der Waals surface area contributed by atoms with Crippen LogP contribution in [0.2, 0.25) is 0 Å². The van der Waals surface area contributed by atoms with E-state index in [4.69, 9.17) is 0 Å². The van der Waals surface area contributed by atoms with Crippen molar-refractivity contribution >= 4 is 0 Å². The van der Waals surface area contributed by atoms with E-state index < -0.39 is 0 Å². The standard InChI is InChI=1S/C19H28N2/c1-5-21-16(3)13-19(17(21)4)14-20-12-11-15(2)18-9-7-6-8-10-18/h6-10,13,15,20H,5,11-12,14H2,1-4H3. The average Bonchev–Trinajstić information content (AvgIpc) is 2.78. The van der Waals surface area contributed by atoms with Gasteiger partial charge in [-0.1, -0.05) is 37.3 Å². The molecule has 2 heteroatoms. The Morgan fingerprint density at radius 3 is 2.48 bits per heavy atom. The van der Waals surface area contributed by atoms with E-state index in [2.05, 4.69) is 74.0 Å². The molecule has 1 N–H and O–H groups in total. The highest BCUT2D eigenvalue weighted by Crippen LogP contribution is 2.18. The number of nitrogens with zero attached hydrogens (tertiary/aromatic N) is 1. The first-order valence-electron chi connectivity index (χ1n) is 8.04. The van der Waals surface area contributed by atoms with E-state index in [-0.39, 0.29) is 0 Å². The minimum Gasteiger partial charge on any atom is -0.349 e. The van der Waals surface area contributed by atoms with Gasteiger partial charge in [0.1, 0.15) is 0 Å². The Bertz CT molecular complexity index is 554. The van der Waals surface area contributed by atoms with Crippen LogP contribution in [0.3, 0.4) is 0 Å². The van der Waals surface area contributed by atoms with Gasteiger partial charge in [-0.05, 0) is 56.8 Å². The van der Waals surface area contributed by atoms with Crippen molar-refractivity contribution < 1.29 is 0 Å². The molecule has 0 saturated carbocycles. The molecule has 0 aliphatic heterocycles. The summed E-state index contributed by atoms with van der Waals surface area (Å²) in [4.78, 5) is 0. The summed E-state index contributed by atoms with van der Waals surface area (Å²) in [7, 11) is 0. The molecule has 0 amide bonds. The Kier molecular flexibility index (Phi) is 5.63. The molecule has 0 spiro atoms. The minimum absolute atomic E-state index is 0.613. The molecule has 0 fully saturated rings. The summed E-state index contributed by atoms with van der Waals surface area (Å²) < 4.78 is 2.38. The number of nitrogens with one attached hydrogen (secondary N) is 1. The molecule has 1 aromatic heterocycles. The van der Waals surface area contributed by atoms with Crippen molar-refractivity contribution in [2.45, 2.75) is 53.1 Å². The summed E-state index contributed by atoms with van der Waals surface area (Å²) >= 11 is 0. The molecule has 2 nitrogen and oxygen atoms in total. The number of aromatic nitrogens is 1. The van der Waals surface area contributed by atoms with Crippen LogP contribution in [0.1, 0.15) is 48.7 Å². The van der Waals surface area contributed by atoms with Crippen molar-refractivity contribution in [3.05, 3.63) is 58.9 Å². The predicted molar refractivity (Wildman–Crippen MR) is 90.8 cm³/mol. The maximum Gasteiger partial charge on any atom is 0.0223 e. The summed E-state index contributed by atoms with van der Waals surface area (Å²) in [6.45, 7) is 12.0. The van der Waals surface area contributed by atoms with E-state index in [0.29, 0.717) is 5.92 Å². The third-order valence-corrected chi connectivity index (χ3v) is 4.43. The lowest BCUT2D eigenvalue weighted by molar-refractivity contribution is 0.592. The highest BCUT2D eigenvalue weighted by Gasteiger charge is 2.08. The van der Waals surface area contributed by atoms with Crippen LogP contribution in [0.5, 0.6) is 0 Å². The molecule has 1 aromatic carbocycles. The van der Waals surface area contributed by atoms with Crippen LogP contribution in [0.4, 0.5) is 0 Å². The minimum atomic E-state index is 0.613. The monoisotopic (exact) mass is 284 g/mol. The van der Waals surface area contributed by atoms with Crippen LogP contribution >= 0.6 is 0 Å². The van der Waals surface area contributed by atoms with Gasteiger partial charge in [0.15, 0.2) is 0 Å². The van der Waals surface area contributed by atoms with Gasteiger partial charge in [-0.2, -0.15) is 0 Å². The number of aryl methyl sites for hydroxylation is 1. The summed E-state index contributed by atoms with van der Waals surface area (Å²) in [5, 5.41) is 3.59. The van der Waals surface area contributed by atoms with Crippen molar-refractivity contribution in [1.82, 2.24) is 9.88 Å². The zero-order chi connectivity index (χ0) is 15.2. The third-order valence-electron chi connectivity index (χ3n) is 4.43. The van der Waals surface area contributed by atoms with Crippen LogP contribution in [0.15, 0.2) is 36.4 Å². The first kappa shape index (κ1) is 15.8. The zero-order valence-corrected chi connectivity index (χ0v) is 13.8. The second-order valence-electron chi connectivity index (χ2n) is 5.92. The number of benzene rings is 1. The van der Waals surface area contributed by atoms with Crippen LogP contribution in [0, 0.1) is 13.8 Å². The highest BCUT2D eigenvalue weighted by atomic mass is 15.0. The molecule has 0 aliphatic rings. The smallest absolute Gasteiger partial charge is 0.0223 e. The van der Waals surface area contributed by atoms with E-state index in [9.17, 15) is 0 Å². The molecule has 2 aromatic rings.